The molecule has 0 unspecified atom stereocenters. The van der Waals surface area contributed by atoms with Crippen LogP contribution in [0.4, 0.5) is 0 Å². The van der Waals surface area contributed by atoms with Gasteiger partial charge in [0.2, 0.25) is 0 Å². The second kappa shape index (κ2) is 5.23. The van der Waals surface area contributed by atoms with Crippen LogP contribution < -0.4 is 11.2 Å². The molecule has 1 saturated heterocycles. The first-order chi connectivity index (χ1) is 8.95. The Labute approximate surface area is 106 Å². The van der Waals surface area contributed by atoms with E-state index in [1.807, 2.05) is 4.98 Å². The Morgan fingerprint density at radius 3 is 2.63 bits per heavy atom. The maximum Gasteiger partial charge on any atom is 0.330 e. The van der Waals surface area contributed by atoms with Crippen molar-refractivity contribution in [1.82, 2.24) is 9.55 Å². The monoisotopic (exact) mass is 274 g/mol. The van der Waals surface area contributed by atoms with Crippen molar-refractivity contribution in [3.63, 3.8) is 0 Å². The molecule has 1 fully saturated rings. The summed E-state index contributed by atoms with van der Waals surface area (Å²) in [6, 6.07) is 1.06. The number of nitrogens with zero attached hydrogens (tertiary/aromatic N) is 1. The number of ether oxygens (including phenoxy) is 1. The summed E-state index contributed by atoms with van der Waals surface area (Å²) >= 11 is 0. The van der Waals surface area contributed by atoms with Gasteiger partial charge in [-0.2, -0.15) is 0 Å². The van der Waals surface area contributed by atoms with Gasteiger partial charge in [-0.3, -0.25) is 14.3 Å². The van der Waals surface area contributed by atoms with Crippen LogP contribution in [0.3, 0.4) is 0 Å². The van der Waals surface area contributed by atoms with E-state index < -0.39 is 48.5 Å². The molecule has 9 heteroatoms. The Morgan fingerprint density at radius 1 is 1.37 bits per heavy atom. The molecule has 5 N–H and O–H groups in total. The van der Waals surface area contributed by atoms with Crippen molar-refractivity contribution < 1.29 is 25.2 Å². The molecule has 106 valence electrons. The van der Waals surface area contributed by atoms with Crippen LogP contribution in [0.1, 0.15) is 6.23 Å². The van der Waals surface area contributed by atoms with E-state index in [1.54, 1.807) is 0 Å². The van der Waals surface area contributed by atoms with Crippen LogP contribution in [0, 0.1) is 0 Å². The van der Waals surface area contributed by atoms with Crippen LogP contribution in [0.2, 0.25) is 0 Å². The standard InChI is InChI=1S/C10H14N2O7/c13-3-4(14)8-6(16)7(17)9(19-8)12-2-1-5(15)11-10(12)18/h1-2,4,6-9,13-14,16-17H,3H2,(H,11,15,18)/t4-,6+,7+,8+,9+/m1/s1. The van der Waals surface area contributed by atoms with Crippen LogP contribution in [0.25, 0.3) is 0 Å². The quantitative estimate of drug-likeness (QED) is 0.384. The summed E-state index contributed by atoms with van der Waals surface area (Å²) in [5.74, 6) is 0. The minimum atomic E-state index is -1.48. The number of rotatable bonds is 3. The second-order valence-electron chi connectivity index (χ2n) is 4.24. The van der Waals surface area contributed by atoms with E-state index in [4.69, 9.17) is 9.84 Å². The molecule has 2 rings (SSSR count). The molecule has 0 amide bonds. The summed E-state index contributed by atoms with van der Waals surface area (Å²) in [6.45, 7) is -0.665. The van der Waals surface area contributed by atoms with E-state index in [9.17, 15) is 24.9 Å². The molecule has 0 aromatic carbocycles. The Hall–Kier alpha value is -1.52. The molecule has 1 aromatic heterocycles. The molecule has 19 heavy (non-hydrogen) atoms. The van der Waals surface area contributed by atoms with E-state index in [0.717, 1.165) is 16.8 Å². The minimum absolute atomic E-state index is 0.610. The molecule has 0 saturated carbocycles. The van der Waals surface area contributed by atoms with Crippen LogP contribution in [-0.4, -0.2) is 61.0 Å². The lowest BCUT2D eigenvalue weighted by Crippen LogP contribution is -2.40. The number of aliphatic hydroxyl groups is 4. The molecule has 0 radical (unpaired) electrons. The van der Waals surface area contributed by atoms with Gasteiger partial charge >= 0.3 is 5.69 Å². The summed E-state index contributed by atoms with van der Waals surface area (Å²) in [5, 5.41) is 37.7. The van der Waals surface area contributed by atoms with E-state index in [2.05, 4.69) is 0 Å². The van der Waals surface area contributed by atoms with Gasteiger partial charge in [0.25, 0.3) is 5.56 Å². The number of hydrogen-bond donors (Lipinski definition) is 5. The smallest absolute Gasteiger partial charge is 0.330 e. The zero-order chi connectivity index (χ0) is 14.2. The summed E-state index contributed by atoms with van der Waals surface area (Å²) in [5.41, 5.74) is -1.43. The Morgan fingerprint density at radius 2 is 2.05 bits per heavy atom. The molecule has 0 spiro atoms. The van der Waals surface area contributed by atoms with Crippen LogP contribution >= 0.6 is 0 Å². The molecule has 0 aliphatic carbocycles. The highest BCUT2D eigenvalue weighted by molar-refractivity contribution is 4.95. The minimum Gasteiger partial charge on any atom is -0.394 e. The lowest BCUT2D eigenvalue weighted by molar-refractivity contribution is -0.0982. The number of aliphatic hydroxyl groups excluding tert-OH is 4. The van der Waals surface area contributed by atoms with Gasteiger partial charge in [-0.1, -0.05) is 0 Å². The van der Waals surface area contributed by atoms with E-state index in [0.29, 0.717) is 0 Å². The van der Waals surface area contributed by atoms with E-state index in [-0.39, 0.29) is 0 Å². The van der Waals surface area contributed by atoms with Gasteiger partial charge in [-0.15, -0.1) is 0 Å². The predicted octanol–water partition coefficient (Wildman–Crippen LogP) is -3.49. The maximum absolute atomic E-state index is 11.5. The molecular weight excluding hydrogens is 260 g/mol. The molecule has 1 aliphatic heterocycles. The average molecular weight is 274 g/mol. The fourth-order valence-corrected chi connectivity index (χ4v) is 1.97. The van der Waals surface area contributed by atoms with Gasteiger partial charge in [0.05, 0.1) is 6.61 Å². The van der Waals surface area contributed by atoms with Crippen molar-refractivity contribution in [2.24, 2.45) is 0 Å². The third kappa shape index (κ3) is 2.46. The van der Waals surface area contributed by atoms with Crippen molar-refractivity contribution in [2.45, 2.75) is 30.6 Å². The van der Waals surface area contributed by atoms with E-state index >= 15 is 0 Å². The van der Waals surface area contributed by atoms with Crippen LogP contribution in [0.5, 0.6) is 0 Å². The topological polar surface area (TPSA) is 145 Å². The number of H-pyrrole nitrogens is 1. The fourth-order valence-electron chi connectivity index (χ4n) is 1.97. The molecule has 9 nitrogen and oxygen atoms in total. The third-order valence-corrected chi connectivity index (χ3v) is 2.97. The summed E-state index contributed by atoms with van der Waals surface area (Å²) < 4.78 is 6.06. The summed E-state index contributed by atoms with van der Waals surface area (Å²) in [6.07, 6.45) is -5.72. The summed E-state index contributed by atoms with van der Waals surface area (Å²) in [4.78, 5) is 24.5. The number of aromatic nitrogens is 2. The Balaban J connectivity index is 2.31. The zero-order valence-corrected chi connectivity index (χ0v) is 9.71. The highest BCUT2D eigenvalue weighted by Crippen LogP contribution is 2.29. The Kier molecular flexibility index (Phi) is 3.83. The first-order valence-electron chi connectivity index (χ1n) is 5.57. The van der Waals surface area contributed by atoms with Gasteiger partial charge < -0.3 is 25.2 Å². The van der Waals surface area contributed by atoms with Gasteiger partial charge in [0, 0.05) is 12.3 Å². The SMILES string of the molecule is O=c1ccn([C@H]2O[C@@H]([C@H](O)CO)[C@@H](O)[C@@H]2O)c(=O)[nH]1. The highest BCUT2D eigenvalue weighted by Gasteiger charge is 2.46. The number of hydrogen-bond acceptors (Lipinski definition) is 7. The van der Waals surface area contributed by atoms with E-state index in [1.165, 1.54) is 0 Å². The van der Waals surface area contributed by atoms with Gasteiger partial charge in [-0.05, 0) is 0 Å². The Bertz CT molecular complexity index is 553. The lowest BCUT2D eigenvalue weighted by atomic mass is 10.1. The van der Waals surface area contributed by atoms with Crippen molar-refractivity contribution in [3.8, 4) is 0 Å². The third-order valence-electron chi connectivity index (χ3n) is 2.97. The molecule has 5 atom stereocenters. The molecule has 2 heterocycles. The summed E-state index contributed by atoms with van der Waals surface area (Å²) in [7, 11) is 0. The van der Waals surface area contributed by atoms with Crippen LogP contribution in [-0.2, 0) is 4.74 Å². The first-order valence-corrected chi connectivity index (χ1v) is 5.57. The zero-order valence-electron chi connectivity index (χ0n) is 9.71. The second-order valence-corrected chi connectivity index (χ2v) is 4.24. The number of nitrogens with one attached hydrogen (secondary N) is 1. The maximum atomic E-state index is 11.5. The van der Waals surface area contributed by atoms with Crippen LogP contribution in [0.15, 0.2) is 21.9 Å². The van der Waals surface area contributed by atoms with Crippen molar-refractivity contribution in [3.05, 3.63) is 33.1 Å². The lowest BCUT2D eigenvalue weighted by Gasteiger charge is -2.18. The van der Waals surface area contributed by atoms with Crippen molar-refractivity contribution >= 4 is 0 Å². The molecule has 0 bridgehead atoms. The fraction of sp³-hybridized carbons (Fsp3) is 0.600. The largest absolute Gasteiger partial charge is 0.394 e. The molecule has 1 aromatic rings. The van der Waals surface area contributed by atoms with Gasteiger partial charge in [-0.25, -0.2) is 4.79 Å². The molecular formula is C10H14N2O7. The normalized spacial score (nSPS) is 32.4. The number of aromatic amines is 1. The first kappa shape index (κ1) is 13.9. The van der Waals surface area contributed by atoms with Gasteiger partial charge in [0.1, 0.15) is 24.4 Å². The predicted molar refractivity (Wildman–Crippen MR) is 60.3 cm³/mol. The highest BCUT2D eigenvalue weighted by atomic mass is 16.6. The molecule has 1 aliphatic rings. The van der Waals surface area contributed by atoms with Gasteiger partial charge in [0.15, 0.2) is 6.23 Å². The van der Waals surface area contributed by atoms with Crippen molar-refractivity contribution in [2.75, 3.05) is 6.61 Å². The van der Waals surface area contributed by atoms with Crippen molar-refractivity contribution in [1.29, 1.82) is 0 Å². The average Bonchev–Trinajstić information content (AvgIpc) is 2.66.